The second-order valence-electron chi connectivity index (χ2n) is 0.929. The Balaban J connectivity index is 2.49. The van der Waals surface area contributed by atoms with Gasteiger partial charge in [0.15, 0.2) is 0 Å². The largest absolute Gasteiger partial charge is 0.367 e. The molecule has 1 heterocycles. The molecule has 1 rings (SSSR count). The van der Waals surface area contributed by atoms with E-state index in [9.17, 15) is 0 Å². The Hall–Kier alpha value is -0.150. The Morgan fingerprint density at radius 1 is 2.17 bits per heavy atom. The highest BCUT2D eigenvalue weighted by atomic mass is 32.2. The van der Waals surface area contributed by atoms with Crippen molar-refractivity contribution in [3.63, 3.8) is 0 Å². The van der Waals surface area contributed by atoms with E-state index in [2.05, 4.69) is 5.32 Å². The Labute approximate surface area is 42.2 Å². The number of rotatable bonds is 0. The molecule has 0 aromatic rings. The molecule has 0 radical (unpaired) electrons. The molecule has 0 fully saturated rings. The van der Waals surface area contributed by atoms with Crippen LogP contribution in [-0.4, -0.2) is 5.47 Å². The van der Waals surface area contributed by atoms with Crippen molar-refractivity contribution in [2.75, 3.05) is 0 Å². The maximum atomic E-state index is 7.05. The van der Waals surface area contributed by atoms with Crippen molar-refractivity contribution < 1.29 is 1.37 Å². The first kappa shape index (κ1) is 2.93. The number of thioether (sulfide) groups is 1. The van der Waals surface area contributed by atoms with E-state index in [-0.39, 0.29) is 0 Å². The zero-order valence-corrected chi connectivity index (χ0v) is 3.96. The lowest BCUT2D eigenvalue weighted by Crippen LogP contribution is -2.25. The lowest BCUT2D eigenvalue weighted by atomic mass is 10.9. The Morgan fingerprint density at radius 2 is 3.00 bits per heavy atom. The van der Waals surface area contributed by atoms with Crippen molar-refractivity contribution >= 4 is 11.8 Å². The molecule has 1 unspecified atom stereocenters. The Bertz CT molecular complexity index is 91.1. The van der Waals surface area contributed by atoms with Crippen molar-refractivity contribution in [3.8, 4) is 0 Å². The van der Waals surface area contributed by atoms with Gasteiger partial charge in [-0.2, -0.15) is 0 Å². The van der Waals surface area contributed by atoms with E-state index in [4.69, 9.17) is 7.10 Å². The molecule has 1 atom stereocenters. The standard InChI is InChI=1S/C3H6N2S/c4-3-5-1-2-6-3/h1-3,5H,4H2/i3D. The third-order valence-electron chi connectivity index (χ3n) is 0.489. The van der Waals surface area contributed by atoms with Crippen LogP contribution in [0.1, 0.15) is 1.37 Å². The van der Waals surface area contributed by atoms with Crippen molar-refractivity contribution in [3.05, 3.63) is 11.6 Å². The topological polar surface area (TPSA) is 38.0 Å². The van der Waals surface area contributed by atoms with Gasteiger partial charge in [-0.25, -0.2) is 0 Å². The molecule has 2 nitrogen and oxygen atoms in total. The molecule has 1 aliphatic rings. The van der Waals surface area contributed by atoms with Crippen LogP contribution in [0.2, 0.25) is 0 Å². The maximum absolute atomic E-state index is 7.05. The SMILES string of the molecule is [2H]C1(N)NC=CS1. The molecule has 1 aliphatic heterocycles. The molecule has 34 valence electrons. The summed E-state index contributed by atoms with van der Waals surface area (Å²) in [5.41, 5.74) is 4.23. The average Bonchev–Trinajstić information content (AvgIpc) is 1.84. The van der Waals surface area contributed by atoms with Crippen LogP contribution in [0.4, 0.5) is 0 Å². The molecular weight excluding hydrogens is 96.1 g/mol. The summed E-state index contributed by atoms with van der Waals surface area (Å²) in [5, 5.41) is 4.38. The van der Waals surface area contributed by atoms with Crippen LogP contribution in [0.25, 0.3) is 0 Å². The normalized spacial score (nSPS) is 45.2. The van der Waals surface area contributed by atoms with E-state index in [1.807, 2.05) is 0 Å². The number of nitrogens with two attached hydrogens (primary N) is 1. The molecule has 0 saturated heterocycles. The molecule has 0 aromatic carbocycles. The second-order valence-corrected chi connectivity index (χ2v) is 1.88. The van der Waals surface area contributed by atoms with Crippen molar-refractivity contribution in [1.82, 2.24) is 5.32 Å². The summed E-state index contributed by atoms with van der Waals surface area (Å²) in [7, 11) is 0. The number of nitrogens with one attached hydrogen (secondary N) is 1. The molecule has 0 amide bonds. The van der Waals surface area contributed by atoms with Gasteiger partial charge in [-0.15, -0.1) is 0 Å². The first-order chi connectivity index (χ1) is 3.21. The van der Waals surface area contributed by atoms with Crippen LogP contribution in [0.3, 0.4) is 0 Å². The van der Waals surface area contributed by atoms with Gasteiger partial charge >= 0.3 is 0 Å². The highest BCUT2D eigenvalue weighted by Gasteiger charge is 1.98. The van der Waals surface area contributed by atoms with Crippen LogP contribution in [0.5, 0.6) is 0 Å². The molecule has 0 saturated carbocycles. The minimum Gasteiger partial charge on any atom is -0.367 e. The Kier molecular flexibility index (Phi) is 0.749. The highest BCUT2D eigenvalue weighted by molar-refractivity contribution is 8.02. The van der Waals surface area contributed by atoms with Crippen LogP contribution in [0, 0.1) is 0 Å². The van der Waals surface area contributed by atoms with E-state index in [0.29, 0.717) is 0 Å². The number of hydrogen-bond donors (Lipinski definition) is 2. The predicted octanol–water partition coefficient (Wildman–Crippen LogP) is 0.0363. The minimum absolute atomic E-state index is 1.00. The molecule has 0 bridgehead atoms. The molecule has 3 N–H and O–H groups in total. The third-order valence-corrected chi connectivity index (χ3v) is 1.13. The summed E-state index contributed by atoms with van der Waals surface area (Å²) in [4.78, 5) is 0. The van der Waals surface area contributed by atoms with E-state index in [1.54, 1.807) is 11.6 Å². The second kappa shape index (κ2) is 1.53. The van der Waals surface area contributed by atoms with Gasteiger partial charge < -0.3 is 11.1 Å². The van der Waals surface area contributed by atoms with Crippen molar-refractivity contribution in [1.29, 1.82) is 0 Å². The van der Waals surface area contributed by atoms with Crippen LogP contribution in [0.15, 0.2) is 11.6 Å². The smallest absolute Gasteiger partial charge is 0.126 e. The van der Waals surface area contributed by atoms with Gasteiger partial charge in [-0.1, -0.05) is 11.8 Å². The summed E-state index contributed by atoms with van der Waals surface area (Å²) in [5.74, 6) is 0. The van der Waals surface area contributed by atoms with Gasteiger partial charge in [0.1, 0.15) is 5.47 Å². The fourth-order valence-corrected chi connectivity index (χ4v) is 0.676. The van der Waals surface area contributed by atoms with E-state index in [0.717, 1.165) is 0 Å². The van der Waals surface area contributed by atoms with Gasteiger partial charge in [0.2, 0.25) is 0 Å². The van der Waals surface area contributed by atoms with E-state index < -0.39 is 5.47 Å². The van der Waals surface area contributed by atoms with Gasteiger partial charge in [-0.3, -0.25) is 0 Å². The summed E-state index contributed by atoms with van der Waals surface area (Å²) in [6.45, 7) is 0. The van der Waals surface area contributed by atoms with Gasteiger partial charge in [0.25, 0.3) is 0 Å². The first-order valence-corrected chi connectivity index (χ1v) is 2.48. The quantitative estimate of drug-likeness (QED) is 0.454. The summed E-state index contributed by atoms with van der Waals surface area (Å²) >= 11 is 1.25. The molecule has 0 aromatic heterocycles. The van der Waals surface area contributed by atoms with Crippen LogP contribution in [-0.2, 0) is 0 Å². The summed E-state index contributed by atoms with van der Waals surface area (Å²) in [6.07, 6.45) is 1.66. The lowest BCUT2D eigenvalue weighted by molar-refractivity contribution is 0.837. The molecular formula is C3H6N2S. The third kappa shape index (κ3) is 0.666. The fraction of sp³-hybridized carbons (Fsp3) is 0.333. The van der Waals surface area contributed by atoms with Crippen molar-refractivity contribution in [2.24, 2.45) is 5.73 Å². The summed E-state index contributed by atoms with van der Waals surface area (Å²) < 4.78 is 7.05. The molecule has 0 spiro atoms. The van der Waals surface area contributed by atoms with Crippen molar-refractivity contribution in [2.45, 2.75) is 5.47 Å². The van der Waals surface area contributed by atoms with E-state index in [1.165, 1.54) is 11.8 Å². The maximum Gasteiger partial charge on any atom is 0.126 e. The lowest BCUT2D eigenvalue weighted by Gasteiger charge is -1.96. The molecule has 0 aliphatic carbocycles. The molecule has 6 heavy (non-hydrogen) atoms. The monoisotopic (exact) mass is 103 g/mol. The van der Waals surface area contributed by atoms with E-state index >= 15 is 0 Å². The van der Waals surface area contributed by atoms with Crippen LogP contribution < -0.4 is 11.1 Å². The first-order valence-electron chi connectivity index (χ1n) is 2.10. The Morgan fingerprint density at radius 3 is 3.17 bits per heavy atom. The molecule has 3 heteroatoms. The summed E-state index contributed by atoms with van der Waals surface area (Å²) in [6, 6.07) is 0. The predicted molar refractivity (Wildman–Crippen MR) is 27.8 cm³/mol. The van der Waals surface area contributed by atoms with Gasteiger partial charge in [-0.05, 0) is 5.41 Å². The highest BCUT2D eigenvalue weighted by Crippen LogP contribution is 2.08. The van der Waals surface area contributed by atoms with Gasteiger partial charge in [0, 0.05) is 6.20 Å². The average molecular weight is 103 g/mol. The van der Waals surface area contributed by atoms with Gasteiger partial charge in [0.05, 0.1) is 1.37 Å². The fourth-order valence-electron chi connectivity index (χ4n) is 0.257. The van der Waals surface area contributed by atoms with Crippen LogP contribution >= 0.6 is 11.8 Å². The zero-order chi connectivity index (χ0) is 5.33. The minimum atomic E-state index is -1.00. The zero-order valence-electron chi connectivity index (χ0n) is 4.14. The number of hydrogen-bond acceptors (Lipinski definition) is 3.